The highest BCUT2D eigenvalue weighted by molar-refractivity contribution is 7.99. The molecule has 1 aromatic carbocycles. The summed E-state index contributed by atoms with van der Waals surface area (Å²) in [6, 6.07) is 7.73. The molecule has 0 radical (unpaired) electrons. The zero-order valence-corrected chi connectivity index (χ0v) is 15.5. The van der Waals surface area contributed by atoms with Crippen LogP contribution in [-0.4, -0.2) is 24.9 Å². The van der Waals surface area contributed by atoms with E-state index in [1.54, 1.807) is 16.3 Å². The number of nitrogens with zero attached hydrogens (tertiary/aromatic N) is 4. The molecule has 0 aliphatic carbocycles. The number of para-hydroxylation sites is 1. The lowest BCUT2D eigenvalue weighted by atomic mass is 10.1. The molecule has 128 valence electrons. The zero-order chi connectivity index (χ0) is 17.3. The minimum atomic E-state index is 0.0200. The van der Waals surface area contributed by atoms with E-state index in [2.05, 4.69) is 37.9 Å². The second kappa shape index (κ2) is 6.97. The first-order chi connectivity index (χ1) is 11.5. The number of rotatable bonds is 6. The molecule has 24 heavy (non-hydrogen) atoms. The van der Waals surface area contributed by atoms with Crippen molar-refractivity contribution in [1.82, 2.24) is 19.2 Å². The molecular formula is C18H24N4OS. The van der Waals surface area contributed by atoms with Gasteiger partial charge >= 0.3 is 0 Å². The van der Waals surface area contributed by atoms with Crippen molar-refractivity contribution in [1.29, 1.82) is 0 Å². The SMILES string of the molecule is CC(C)CCn1c(=O)c2ccccc2n2c(SCC(C)C)nnc12. The molecular weight excluding hydrogens is 320 g/mol. The van der Waals surface area contributed by atoms with Crippen LogP contribution < -0.4 is 5.56 Å². The maximum atomic E-state index is 12.9. The average Bonchev–Trinajstić information content (AvgIpc) is 2.96. The van der Waals surface area contributed by atoms with E-state index >= 15 is 0 Å². The molecule has 0 saturated heterocycles. The van der Waals surface area contributed by atoms with Crippen LogP contribution in [0.25, 0.3) is 16.7 Å². The Bertz CT molecular complexity index is 910. The van der Waals surface area contributed by atoms with E-state index in [4.69, 9.17) is 0 Å². The fraction of sp³-hybridized carbons (Fsp3) is 0.500. The third kappa shape index (κ3) is 3.20. The third-order valence-electron chi connectivity index (χ3n) is 3.95. The van der Waals surface area contributed by atoms with Crippen LogP contribution in [0.3, 0.4) is 0 Å². The monoisotopic (exact) mass is 344 g/mol. The van der Waals surface area contributed by atoms with Gasteiger partial charge in [0, 0.05) is 12.3 Å². The molecule has 0 aliphatic heterocycles. The summed E-state index contributed by atoms with van der Waals surface area (Å²) in [4.78, 5) is 12.9. The summed E-state index contributed by atoms with van der Waals surface area (Å²) in [6.45, 7) is 9.37. The predicted molar refractivity (Wildman–Crippen MR) is 99.8 cm³/mol. The van der Waals surface area contributed by atoms with Gasteiger partial charge in [0.25, 0.3) is 5.56 Å². The van der Waals surface area contributed by atoms with Crippen molar-refractivity contribution in [3.8, 4) is 0 Å². The molecule has 0 spiro atoms. The van der Waals surface area contributed by atoms with Gasteiger partial charge in [-0.15, -0.1) is 10.2 Å². The maximum absolute atomic E-state index is 12.9. The summed E-state index contributed by atoms with van der Waals surface area (Å²) in [7, 11) is 0. The van der Waals surface area contributed by atoms with Gasteiger partial charge in [-0.2, -0.15) is 0 Å². The Morgan fingerprint density at radius 1 is 1.08 bits per heavy atom. The minimum absolute atomic E-state index is 0.0200. The molecule has 0 aliphatic rings. The van der Waals surface area contributed by atoms with Crippen molar-refractivity contribution in [3.63, 3.8) is 0 Å². The Labute approximate surface area is 146 Å². The van der Waals surface area contributed by atoms with Crippen LogP contribution >= 0.6 is 11.8 Å². The van der Waals surface area contributed by atoms with Gasteiger partial charge < -0.3 is 0 Å². The van der Waals surface area contributed by atoms with Gasteiger partial charge in [0.1, 0.15) is 0 Å². The molecule has 0 saturated carbocycles. The number of hydrogen-bond acceptors (Lipinski definition) is 4. The quantitative estimate of drug-likeness (QED) is 0.638. The summed E-state index contributed by atoms with van der Waals surface area (Å²) in [6.07, 6.45) is 0.940. The Balaban J connectivity index is 2.22. The van der Waals surface area contributed by atoms with Gasteiger partial charge in [0.15, 0.2) is 5.16 Å². The van der Waals surface area contributed by atoms with Crippen molar-refractivity contribution in [2.24, 2.45) is 11.8 Å². The zero-order valence-electron chi connectivity index (χ0n) is 14.7. The Kier molecular flexibility index (Phi) is 4.94. The van der Waals surface area contributed by atoms with Crippen LogP contribution in [0.15, 0.2) is 34.2 Å². The lowest BCUT2D eigenvalue weighted by molar-refractivity contribution is 0.512. The highest BCUT2D eigenvalue weighted by atomic mass is 32.2. The number of benzene rings is 1. The van der Waals surface area contributed by atoms with E-state index in [0.29, 0.717) is 24.2 Å². The molecule has 6 heteroatoms. The average molecular weight is 344 g/mol. The largest absolute Gasteiger partial charge is 0.276 e. The molecule has 0 fully saturated rings. The molecule has 0 N–H and O–H groups in total. The fourth-order valence-corrected chi connectivity index (χ4v) is 3.55. The second-order valence-corrected chi connectivity index (χ2v) is 7.97. The van der Waals surface area contributed by atoms with E-state index in [1.165, 1.54) is 0 Å². The molecule has 2 heterocycles. The maximum Gasteiger partial charge on any atom is 0.262 e. The fourth-order valence-electron chi connectivity index (χ4n) is 2.66. The van der Waals surface area contributed by atoms with Crippen LogP contribution in [0.5, 0.6) is 0 Å². The Hall–Kier alpha value is -1.82. The van der Waals surface area contributed by atoms with Crippen LogP contribution in [0.2, 0.25) is 0 Å². The van der Waals surface area contributed by atoms with Gasteiger partial charge in [-0.05, 0) is 30.4 Å². The summed E-state index contributed by atoms with van der Waals surface area (Å²) in [5, 5.41) is 10.3. The number of hydrogen-bond donors (Lipinski definition) is 0. The van der Waals surface area contributed by atoms with Crippen LogP contribution in [0.4, 0.5) is 0 Å². The van der Waals surface area contributed by atoms with E-state index in [-0.39, 0.29) is 5.56 Å². The van der Waals surface area contributed by atoms with Crippen LogP contribution in [0, 0.1) is 11.8 Å². The molecule has 0 unspecified atom stereocenters. The van der Waals surface area contributed by atoms with Gasteiger partial charge in [-0.3, -0.25) is 13.8 Å². The summed E-state index contributed by atoms with van der Waals surface area (Å²) < 4.78 is 3.80. The molecule has 3 aromatic rings. The van der Waals surface area contributed by atoms with Gasteiger partial charge in [-0.1, -0.05) is 51.6 Å². The van der Waals surface area contributed by atoms with Crippen molar-refractivity contribution < 1.29 is 0 Å². The van der Waals surface area contributed by atoms with Gasteiger partial charge in [0.2, 0.25) is 5.78 Å². The lowest BCUT2D eigenvalue weighted by Gasteiger charge is -2.12. The first kappa shape index (κ1) is 17.0. The van der Waals surface area contributed by atoms with Crippen LogP contribution in [-0.2, 0) is 6.54 Å². The summed E-state index contributed by atoms with van der Waals surface area (Å²) >= 11 is 1.69. The van der Waals surface area contributed by atoms with Crippen molar-refractivity contribution >= 4 is 28.4 Å². The number of thioether (sulfide) groups is 1. The van der Waals surface area contributed by atoms with E-state index in [1.807, 2.05) is 28.7 Å². The van der Waals surface area contributed by atoms with Crippen molar-refractivity contribution in [2.75, 3.05) is 5.75 Å². The van der Waals surface area contributed by atoms with Gasteiger partial charge in [-0.25, -0.2) is 0 Å². The van der Waals surface area contributed by atoms with E-state index in [0.717, 1.165) is 28.2 Å². The first-order valence-corrected chi connectivity index (χ1v) is 9.47. The van der Waals surface area contributed by atoms with Gasteiger partial charge in [0.05, 0.1) is 10.9 Å². The number of aromatic nitrogens is 4. The smallest absolute Gasteiger partial charge is 0.262 e. The summed E-state index contributed by atoms with van der Waals surface area (Å²) in [5.74, 6) is 2.72. The third-order valence-corrected chi connectivity index (χ3v) is 5.31. The lowest BCUT2D eigenvalue weighted by Crippen LogP contribution is -2.24. The first-order valence-electron chi connectivity index (χ1n) is 8.48. The molecule has 0 bridgehead atoms. The minimum Gasteiger partial charge on any atom is -0.276 e. The van der Waals surface area contributed by atoms with E-state index in [9.17, 15) is 4.79 Å². The molecule has 5 nitrogen and oxygen atoms in total. The molecule has 3 rings (SSSR count). The molecule has 2 aromatic heterocycles. The number of fused-ring (bicyclic) bond motifs is 3. The Morgan fingerprint density at radius 3 is 2.54 bits per heavy atom. The van der Waals surface area contributed by atoms with Crippen molar-refractivity contribution in [3.05, 3.63) is 34.6 Å². The topological polar surface area (TPSA) is 52.2 Å². The standard InChI is InChI=1S/C18H24N4OS/c1-12(2)9-10-21-16(23)14-7-5-6-8-15(14)22-17(21)19-20-18(22)24-11-13(3)4/h5-8,12-13H,9-11H2,1-4H3. The van der Waals surface area contributed by atoms with Crippen molar-refractivity contribution in [2.45, 2.75) is 45.8 Å². The van der Waals surface area contributed by atoms with E-state index < -0.39 is 0 Å². The summed E-state index contributed by atoms with van der Waals surface area (Å²) in [5.41, 5.74) is 0.904. The highest BCUT2D eigenvalue weighted by Crippen LogP contribution is 2.23. The number of aryl methyl sites for hydroxylation is 1. The molecule has 0 amide bonds. The molecule has 0 atom stereocenters. The highest BCUT2D eigenvalue weighted by Gasteiger charge is 2.17. The predicted octanol–water partition coefficient (Wildman–Crippen LogP) is 3.84. The second-order valence-electron chi connectivity index (χ2n) is 6.98. The van der Waals surface area contributed by atoms with Crippen LogP contribution in [0.1, 0.15) is 34.1 Å². The Morgan fingerprint density at radius 2 is 1.83 bits per heavy atom. The normalized spacial score (nSPS) is 12.1.